The number of aromatic nitrogens is 1. The fraction of sp³-hybridized carbons (Fsp3) is 0.250. The van der Waals surface area contributed by atoms with E-state index in [9.17, 15) is 8.42 Å². The zero-order valence-corrected chi connectivity index (χ0v) is 12.7. The van der Waals surface area contributed by atoms with Crippen LogP contribution < -0.4 is 4.72 Å². The van der Waals surface area contributed by atoms with Crippen molar-refractivity contribution in [1.82, 2.24) is 4.98 Å². The number of fused-ring (bicyclic) bond motifs is 1. The molecule has 0 saturated heterocycles. The number of nitrogens with one attached hydrogen (secondary N) is 1. The van der Waals surface area contributed by atoms with E-state index in [1.165, 1.54) is 7.11 Å². The van der Waals surface area contributed by atoms with Gasteiger partial charge in [-0.15, -0.1) is 0 Å². The lowest BCUT2D eigenvalue weighted by Gasteiger charge is -2.09. The van der Waals surface area contributed by atoms with Crippen molar-refractivity contribution in [2.24, 2.45) is 0 Å². The highest BCUT2D eigenvalue weighted by molar-refractivity contribution is 9.10. The SMILES string of the molecule is COCCS(=O)(=O)Nc1cccc2cc(Br)cnc12. The smallest absolute Gasteiger partial charge is 0.235 e. The van der Waals surface area contributed by atoms with E-state index in [0.717, 1.165) is 9.86 Å². The number of pyridine rings is 1. The summed E-state index contributed by atoms with van der Waals surface area (Å²) in [4.78, 5) is 4.24. The highest BCUT2D eigenvalue weighted by Crippen LogP contribution is 2.24. The molecule has 0 unspecified atom stereocenters. The molecule has 2 aromatic rings. The van der Waals surface area contributed by atoms with Crippen LogP contribution in [0.1, 0.15) is 0 Å². The molecule has 19 heavy (non-hydrogen) atoms. The van der Waals surface area contributed by atoms with Crippen LogP contribution >= 0.6 is 15.9 Å². The Morgan fingerprint density at radius 3 is 2.95 bits per heavy atom. The highest BCUT2D eigenvalue weighted by atomic mass is 79.9. The van der Waals surface area contributed by atoms with Gasteiger partial charge in [-0.1, -0.05) is 12.1 Å². The molecule has 0 radical (unpaired) electrons. The molecule has 0 saturated carbocycles. The van der Waals surface area contributed by atoms with Gasteiger partial charge in [0.1, 0.15) is 0 Å². The first-order valence-electron chi connectivity index (χ1n) is 5.55. The van der Waals surface area contributed by atoms with E-state index in [4.69, 9.17) is 4.74 Å². The maximum absolute atomic E-state index is 11.8. The van der Waals surface area contributed by atoms with Crippen LogP contribution in [0.25, 0.3) is 10.9 Å². The number of nitrogens with zero attached hydrogens (tertiary/aromatic N) is 1. The van der Waals surface area contributed by atoms with E-state index in [-0.39, 0.29) is 12.4 Å². The molecule has 0 aliphatic carbocycles. The van der Waals surface area contributed by atoms with Crippen molar-refractivity contribution < 1.29 is 13.2 Å². The summed E-state index contributed by atoms with van der Waals surface area (Å²) < 4.78 is 31.8. The minimum atomic E-state index is -3.43. The minimum absolute atomic E-state index is 0.0869. The summed E-state index contributed by atoms with van der Waals surface area (Å²) in [5, 5.41) is 0.862. The van der Waals surface area contributed by atoms with Gasteiger partial charge >= 0.3 is 0 Å². The Labute approximate surface area is 120 Å². The van der Waals surface area contributed by atoms with Crippen molar-refractivity contribution in [2.75, 3.05) is 24.2 Å². The van der Waals surface area contributed by atoms with Crippen molar-refractivity contribution in [1.29, 1.82) is 0 Å². The Balaban J connectivity index is 2.36. The number of ether oxygens (including phenoxy) is 1. The highest BCUT2D eigenvalue weighted by Gasteiger charge is 2.12. The van der Waals surface area contributed by atoms with E-state index in [1.54, 1.807) is 18.3 Å². The molecule has 1 aromatic heterocycles. The van der Waals surface area contributed by atoms with Crippen LogP contribution in [-0.2, 0) is 14.8 Å². The number of anilines is 1. The van der Waals surface area contributed by atoms with Crippen LogP contribution in [0, 0.1) is 0 Å². The fourth-order valence-electron chi connectivity index (χ4n) is 1.63. The number of para-hydroxylation sites is 1. The molecule has 2 rings (SSSR count). The molecular weight excluding hydrogens is 332 g/mol. The third kappa shape index (κ3) is 3.65. The molecule has 1 N–H and O–H groups in total. The Kier molecular flexibility index (Phi) is 4.38. The Morgan fingerprint density at radius 1 is 1.42 bits per heavy atom. The third-order valence-electron chi connectivity index (χ3n) is 2.50. The molecule has 0 fully saturated rings. The quantitative estimate of drug-likeness (QED) is 0.904. The third-order valence-corrected chi connectivity index (χ3v) is 4.17. The fourth-order valence-corrected chi connectivity index (χ4v) is 2.96. The van der Waals surface area contributed by atoms with Gasteiger partial charge in [0.05, 0.1) is 23.6 Å². The van der Waals surface area contributed by atoms with Crippen LogP contribution in [0.15, 0.2) is 34.9 Å². The summed E-state index contributed by atoms with van der Waals surface area (Å²) in [5.41, 5.74) is 1.09. The van der Waals surface area contributed by atoms with Gasteiger partial charge in [0.15, 0.2) is 0 Å². The summed E-state index contributed by atoms with van der Waals surface area (Å²) in [6.07, 6.45) is 1.63. The van der Waals surface area contributed by atoms with Gasteiger partial charge < -0.3 is 4.74 Å². The van der Waals surface area contributed by atoms with Crippen molar-refractivity contribution in [2.45, 2.75) is 0 Å². The van der Waals surface area contributed by atoms with Gasteiger partial charge in [-0.3, -0.25) is 9.71 Å². The molecule has 102 valence electrons. The van der Waals surface area contributed by atoms with Gasteiger partial charge in [-0.25, -0.2) is 8.42 Å². The number of hydrogen-bond donors (Lipinski definition) is 1. The molecule has 0 bridgehead atoms. The van der Waals surface area contributed by atoms with Crippen molar-refractivity contribution in [3.05, 3.63) is 34.9 Å². The van der Waals surface area contributed by atoms with Crippen LogP contribution in [-0.4, -0.2) is 32.9 Å². The Bertz CT molecular complexity index is 688. The zero-order chi connectivity index (χ0) is 13.9. The lowest BCUT2D eigenvalue weighted by atomic mass is 10.2. The largest absolute Gasteiger partial charge is 0.384 e. The van der Waals surface area contributed by atoms with Gasteiger partial charge in [0.2, 0.25) is 10.0 Å². The lowest BCUT2D eigenvalue weighted by Crippen LogP contribution is -2.19. The zero-order valence-electron chi connectivity index (χ0n) is 10.3. The van der Waals surface area contributed by atoms with Crippen LogP contribution in [0.5, 0.6) is 0 Å². The van der Waals surface area contributed by atoms with E-state index < -0.39 is 10.0 Å². The maximum atomic E-state index is 11.8. The van der Waals surface area contributed by atoms with Crippen molar-refractivity contribution >= 4 is 42.5 Å². The van der Waals surface area contributed by atoms with Crippen molar-refractivity contribution in [3.8, 4) is 0 Å². The minimum Gasteiger partial charge on any atom is -0.384 e. The summed E-state index contributed by atoms with van der Waals surface area (Å²) in [6, 6.07) is 7.23. The number of hydrogen-bond acceptors (Lipinski definition) is 4. The lowest BCUT2D eigenvalue weighted by molar-refractivity contribution is 0.217. The first kappa shape index (κ1) is 14.2. The van der Waals surface area contributed by atoms with Crippen LogP contribution in [0.4, 0.5) is 5.69 Å². The number of rotatable bonds is 5. The monoisotopic (exact) mass is 344 g/mol. The number of methoxy groups -OCH3 is 1. The number of benzene rings is 1. The first-order valence-corrected chi connectivity index (χ1v) is 8.00. The molecule has 0 aliphatic heterocycles. The molecule has 0 amide bonds. The first-order chi connectivity index (χ1) is 9.02. The standard InChI is InChI=1S/C12H13BrN2O3S/c1-18-5-6-19(16,17)15-11-4-2-3-9-7-10(13)8-14-12(9)11/h2-4,7-8,15H,5-6H2,1H3. The second-order valence-corrected chi connectivity index (χ2v) is 6.70. The van der Waals surface area contributed by atoms with E-state index in [2.05, 4.69) is 25.6 Å². The van der Waals surface area contributed by atoms with E-state index in [0.29, 0.717) is 11.2 Å². The summed E-state index contributed by atoms with van der Waals surface area (Å²) >= 11 is 3.33. The second-order valence-electron chi connectivity index (χ2n) is 3.94. The average molecular weight is 345 g/mol. The number of halogens is 1. The van der Waals surface area contributed by atoms with E-state index in [1.807, 2.05) is 12.1 Å². The molecular formula is C12H13BrN2O3S. The summed E-state index contributed by atoms with van der Waals surface area (Å²) in [6.45, 7) is 0.152. The van der Waals surface area contributed by atoms with Crippen LogP contribution in [0.3, 0.4) is 0 Å². The predicted octanol–water partition coefficient (Wildman–Crippen LogP) is 2.39. The molecule has 0 atom stereocenters. The van der Waals surface area contributed by atoms with E-state index >= 15 is 0 Å². The average Bonchev–Trinajstić information content (AvgIpc) is 2.36. The summed E-state index contributed by atoms with van der Waals surface area (Å²) in [5.74, 6) is -0.0869. The van der Waals surface area contributed by atoms with Gasteiger partial charge in [0, 0.05) is 23.2 Å². The molecule has 0 spiro atoms. The topological polar surface area (TPSA) is 68.3 Å². The molecule has 1 aromatic carbocycles. The van der Waals surface area contributed by atoms with Crippen molar-refractivity contribution in [3.63, 3.8) is 0 Å². The normalized spacial score (nSPS) is 11.7. The molecule has 0 aliphatic rings. The Morgan fingerprint density at radius 2 is 2.21 bits per heavy atom. The van der Waals surface area contributed by atoms with Crippen LogP contribution in [0.2, 0.25) is 0 Å². The van der Waals surface area contributed by atoms with Gasteiger partial charge in [-0.05, 0) is 28.1 Å². The molecule has 1 heterocycles. The second kappa shape index (κ2) is 5.85. The van der Waals surface area contributed by atoms with Gasteiger partial charge in [-0.2, -0.15) is 0 Å². The maximum Gasteiger partial charge on any atom is 0.235 e. The predicted molar refractivity (Wildman–Crippen MR) is 78.7 cm³/mol. The summed E-state index contributed by atoms with van der Waals surface area (Å²) in [7, 11) is -1.96. The Hall–Kier alpha value is -1.18. The van der Waals surface area contributed by atoms with Gasteiger partial charge in [0.25, 0.3) is 0 Å². The molecule has 7 heteroatoms. The molecule has 5 nitrogen and oxygen atoms in total. The number of sulfonamides is 1.